The Bertz CT molecular complexity index is 815. The van der Waals surface area contributed by atoms with Crippen molar-refractivity contribution in [2.24, 2.45) is 0 Å². The minimum atomic E-state index is -0.0519. The molecule has 4 rings (SSSR count). The number of aryl methyl sites for hydroxylation is 1. The molecule has 1 fully saturated rings. The summed E-state index contributed by atoms with van der Waals surface area (Å²) in [4.78, 5) is 33.1. The van der Waals surface area contributed by atoms with Crippen molar-refractivity contribution >= 4 is 11.8 Å². The second-order valence-corrected chi connectivity index (χ2v) is 6.66. The molecule has 2 aromatic rings. The number of aromatic nitrogens is 3. The van der Waals surface area contributed by atoms with Crippen LogP contribution < -0.4 is 0 Å². The van der Waals surface area contributed by atoms with Crippen molar-refractivity contribution in [1.29, 1.82) is 0 Å². The highest BCUT2D eigenvalue weighted by atomic mass is 16.2. The van der Waals surface area contributed by atoms with E-state index in [9.17, 15) is 9.59 Å². The minimum Gasteiger partial charge on any atom is -0.334 e. The number of carbonyl (C=O) groups excluding carboxylic acids is 2. The predicted molar refractivity (Wildman–Crippen MR) is 90.6 cm³/mol. The van der Waals surface area contributed by atoms with Crippen molar-refractivity contribution in [3.05, 3.63) is 47.0 Å². The van der Waals surface area contributed by atoms with E-state index < -0.39 is 0 Å². The van der Waals surface area contributed by atoms with Gasteiger partial charge < -0.3 is 9.80 Å². The van der Waals surface area contributed by atoms with Gasteiger partial charge in [0, 0.05) is 31.6 Å². The van der Waals surface area contributed by atoms with Gasteiger partial charge >= 0.3 is 0 Å². The number of hydrogen-bond acceptors (Lipinski definition) is 4. The van der Waals surface area contributed by atoms with Gasteiger partial charge in [0.25, 0.3) is 5.91 Å². The van der Waals surface area contributed by atoms with Crippen LogP contribution in [0.3, 0.4) is 0 Å². The zero-order valence-electron chi connectivity index (χ0n) is 14.2. The minimum absolute atomic E-state index is 0.0194. The fraction of sp³-hybridized carbons (Fsp3) is 0.444. The zero-order valence-corrected chi connectivity index (χ0v) is 14.2. The Hall–Kier alpha value is -2.70. The molecule has 1 N–H and O–H groups in total. The van der Waals surface area contributed by atoms with Crippen molar-refractivity contribution in [1.82, 2.24) is 25.0 Å². The molecular formula is C18H21N5O2. The summed E-state index contributed by atoms with van der Waals surface area (Å²) in [5.41, 5.74) is 1.79. The highest BCUT2D eigenvalue weighted by Crippen LogP contribution is 2.30. The van der Waals surface area contributed by atoms with E-state index in [1.807, 2.05) is 36.1 Å². The number of H-pyrrole nitrogens is 1. The third-order valence-electron chi connectivity index (χ3n) is 4.98. The van der Waals surface area contributed by atoms with Crippen LogP contribution in [0.25, 0.3) is 0 Å². The van der Waals surface area contributed by atoms with Crippen molar-refractivity contribution in [3.63, 3.8) is 0 Å². The number of fused-ring (bicyclic) bond motifs is 1. The van der Waals surface area contributed by atoms with Gasteiger partial charge in [0.2, 0.25) is 5.91 Å². The average Bonchev–Trinajstić information content (AvgIpc) is 3.32. The first-order valence-corrected chi connectivity index (χ1v) is 8.69. The van der Waals surface area contributed by atoms with Crippen LogP contribution in [-0.2, 0) is 11.3 Å². The summed E-state index contributed by atoms with van der Waals surface area (Å²) in [6.45, 7) is 3.62. The van der Waals surface area contributed by atoms with E-state index in [2.05, 4.69) is 15.2 Å². The molecule has 1 saturated heterocycles. The number of carbonyl (C=O) groups is 2. The number of amides is 2. The maximum absolute atomic E-state index is 12.7. The van der Waals surface area contributed by atoms with Gasteiger partial charge in [-0.2, -0.15) is 5.10 Å². The molecule has 0 radical (unpaired) electrons. The summed E-state index contributed by atoms with van der Waals surface area (Å²) in [7, 11) is 0. The summed E-state index contributed by atoms with van der Waals surface area (Å²) in [6, 6.07) is 7.58. The summed E-state index contributed by atoms with van der Waals surface area (Å²) < 4.78 is 0. The highest BCUT2D eigenvalue weighted by Gasteiger charge is 2.33. The van der Waals surface area contributed by atoms with Gasteiger partial charge in [0.15, 0.2) is 5.82 Å². The highest BCUT2D eigenvalue weighted by molar-refractivity contribution is 5.98. The number of nitrogens with one attached hydrogen (secondary N) is 1. The van der Waals surface area contributed by atoms with Gasteiger partial charge in [-0.25, -0.2) is 4.98 Å². The van der Waals surface area contributed by atoms with Crippen LogP contribution in [0.4, 0.5) is 0 Å². The molecule has 0 unspecified atom stereocenters. The van der Waals surface area contributed by atoms with Gasteiger partial charge in [-0.1, -0.05) is 18.2 Å². The molecule has 0 bridgehead atoms. The molecule has 2 amide bonds. The molecule has 1 aromatic carbocycles. The number of nitrogens with zero attached hydrogens (tertiary/aromatic N) is 4. The molecule has 2 aliphatic rings. The predicted octanol–water partition coefficient (Wildman–Crippen LogP) is 1.82. The Kier molecular flexibility index (Phi) is 3.99. The van der Waals surface area contributed by atoms with Crippen LogP contribution in [0.1, 0.15) is 52.9 Å². The molecule has 2 aliphatic heterocycles. The van der Waals surface area contributed by atoms with Crippen LogP contribution in [0.5, 0.6) is 0 Å². The van der Waals surface area contributed by atoms with E-state index in [0.717, 1.165) is 36.3 Å². The van der Waals surface area contributed by atoms with E-state index in [1.54, 1.807) is 4.90 Å². The number of aromatic amines is 1. The van der Waals surface area contributed by atoms with Gasteiger partial charge in [-0.15, -0.1) is 0 Å². The van der Waals surface area contributed by atoms with E-state index in [0.29, 0.717) is 25.3 Å². The van der Waals surface area contributed by atoms with E-state index in [-0.39, 0.29) is 17.9 Å². The standard InChI is InChI=1S/C18H21N5O2/c1-12-19-17(21-20-12)15-7-4-9-23(15)16(24)8-10-22-11-13-5-2-3-6-14(13)18(22)25/h2-3,5-6,15H,4,7-11H2,1H3,(H,19,20,21)/t15-/m0/s1. The topological polar surface area (TPSA) is 82.2 Å². The molecule has 1 atom stereocenters. The van der Waals surface area contributed by atoms with Gasteiger partial charge in [0.1, 0.15) is 5.82 Å². The molecular weight excluding hydrogens is 318 g/mol. The summed E-state index contributed by atoms with van der Waals surface area (Å²) in [5.74, 6) is 1.53. The number of likely N-dealkylation sites (tertiary alicyclic amines) is 1. The Morgan fingerprint density at radius 1 is 1.36 bits per heavy atom. The second kappa shape index (κ2) is 6.31. The van der Waals surface area contributed by atoms with Crippen LogP contribution in [-0.4, -0.2) is 49.9 Å². The van der Waals surface area contributed by atoms with Crippen molar-refractivity contribution in [2.45, 2.75) is 38.8 Å². The van der Waals surface area contributed by atoms with Gasteiger partial charge in [-0.3, -0.25) is 14.7 Å². The first-order valence-electron chi connectivity index (χ1n) is 8.69. The summed E-state index contributed by atoms with van der Waals surface area (Å²) in [6.07, 6.45) is 2.18. The van der Waals surface area contributed by atoms with E-state index in [1.165, 1.54) is 0 Å². The van der Waals surface area contributed by atoms with Gasteiger partial charge in [-0.05, 0) is 31.4 Å². The fourth-order valence-electron chi connectivity index (χ4n) is 3.71. The Labute approximate surface area is 146 Å². The zero-order chi connectivity index (χ0) is 17.4. The Morgan fingerprint density at radius 2 is 2.20 bits per heavy atom. The Balaban J connectivity index is 1.39. The second-order valence-electron chi connectivity index (χ2n) is 6.66. The lowest BCUT2D eigenvalue weighted by Crippen LogP contribution is -2.34. The average molecular weight is 339 g/mol. The van der Waals surface area contributed by atoms with E-state index in [4.69, 9.17) is 0 Å². The Morgan fingerprint density at radius 3 is 2.96 bits per heavy atom. The molecule has 1 aromatic heterocycles. The van der Waals surface area contributed by atoms with Crippen LogP contribution in [0.15, 0.2) is 24.3 Å². The lowest BCUT2D eigenvalue weighted by atomic mass is 10.1. The third-order valence-corrected chi connectivity index (χ3v) is 4.98. The summed E-state index contributed by atoms with van der Waals surface area (Å²) >= 11 is 0. The maximum atomic E-state index is 12.7. The lowest BCUT2D eigenvalue weighted by Gasteiger charge is -2.24. The largest absolute Gasteiger partial charge is 0.334 e. The molecule has 3 heterocycles. The quantitative estimate of drug-likeness (QED) is 0.921. The number of rotatable bonds is 4. The smallest absolute Gasteiger partial charge is 0.254 e. The molecule has 130 valence electrons. The van der Waals surface area contributed by atoms with Crippen molar-refractivity contribution in [2.75, 3.05) is 13.1 Å². The number of hydrogen-bond donors (Lipinski definition) is 1. The first-order chi connectivity index (χ1) is 12.1. The molecule has 7 heteroatoms. The van der Waals surface area contributed by atoms with Crippen molar-refractivity contribution in [3.8, 4) is 0 Å². The van der Waals surface area contributed by atoms with Crippen LogP contribution >= 0.6 is 0 Å². The molecule has 0 spiro atoms. The maximum Gasteiger partial charge on any atom is 0.254 e. The monoisotopic (exact) mass is 339 g/mol. The SMILES string of the molecule is Cc1nc([C@@H]2CCCN2C(=O)CCN2Cc3ccccc3C2=O)n[nH]1. The summed E-state index contributed by atoms with van der Waals surface area (Å²) in [5, 5.41) is 7.06. The molecule has 7 nitrogen and oxygen atoms in total. The van der Waals surface area contributed by atoms with Gasteiger partial charge in [0.05, 0.1) is 6.04 Å². The van der Waals surface area contributed by atoms with Crippen LogP contribution in [0.2, 0.25) is 0 Å². The molecule has 25 heavy (non-hydrogen) atoms. The fourth-order valence-corrected chi connectivity index (χ4v) is 3.71. The third kappa shape index (κ3) is 2.90. The normalized spacial score (nSPS) is 19.6. The van der Waals surface area contributed by atoms with Crippen molar-refractivity contribution < 1.29 is 9.59 Å². The molecule has 0 aliphatic carbocycles. The lowest BCUT2D eigenvalue weighted by molar-refractivity contribution is -0.132. The van der Waals surface area contributed by atoms with E-state index >= 15 is 0 Å². The van der Waals surface area contributed by atoms with Crippen LogP contribution in [0, 0.1) is 6.92 Å². The molecule has 0 saturated carbocycles. The first kappa shape index (κ1) is 15.8. The number of benzene rings is 1.